The Morgan fingerprint density at radius 2 is 2.33 bits per heavy atom. The Hall–Kier alpha value is -1.39. The number of hydrogen-bond donors (Lipinski definition) is 1. The highest BCUT2D eigenvalue weighted by atomic mass is 16.4. The average Bonchev–Trinajstić information content (AvgIpc) is 2.92. The Bertz CT molecular complexity index is 500. The van der Waals surface area contributed by atoms with Gasteiger partial charge in [-0.1, -0.05) is 0 Å². The first-order chi connectivity index (χ1) is 8.62. The molecular weight excluding hydrogens is 230 g/mol. The number of aromatic nitrogens is 3. The van der Waals surface area contributed by atoms with Crippen LogP contribution in [-0.2, 0) is 11.3 Å². The Kier molecular flexibility index (Phi) is 1.83. The molecule has 1 aromatic heterocycles. The van der Waals surface area contributed by atoms with Gasteiger partial charge in [0.05, 0.1) is 5.41 Å². The first kappa shape index (κ1) is 10.5. The lowest BCUT2D eigenvalue weighted by Gasteiger charge is -2.39. The molecule has 4 saturated carbocycles. The summed E-state index contributed by atoms with van der Waals surface area (Å²) in [6.45, 7) is 0.842. The lowest BCUT2D eigenvalue weighted by atomic mass is 9.67. The summed E-state index contributed by atoms with van der Waals surface area (Å²) in [4.78, 5) is 15.7. The molecule has 4 aliphatic carbocycles. The lowest BCUT2D eigenvalue weighted by Crippen LogP contribution is -2.37. The maximum atomic E-state index is 11.7. The van der Waals surface area contributed by atoms with Crippen molar-refractivity contribution in [2.45, 2.75) is 38.6 Å². The van der Waals surface area contributed by atoms with E-state index in [1.807, 2.05) is 4.68 Å². The molecule has 0 spiro atoms. The van der Waals surface area contributed by atoms with Crippen LogP contribution in [0.25, 0.3) is 0 Å². The molecule has 5 heteroatoms. The minimum absolute atomic E-state index is 0.165. The predicted molar refractivity (Wildman–Crippen MR) is 62.6 cm³/mol. The summed E-state index contributed by atoms with van der Waals surface area (Å²) in [7, 11) is 0. The second kappa shape index (κ2) is 3.13. The van der Waals surface area contributed by atoms with Gasteiger partial charge in [0, 0.05) is 6.54 Å². The average molecular weight is 247 g/mol. The highest BCUT2D eigenvalue weighted by Crippen LogP contribution is 2.70. The van der Waals surface area contributed by atoms with E-state index < -0.39 is 11.4 Å². The van der Waals surface area contributed by atoms with Gasteiger partial charge in [-0.3, -0.25) is 9.48 Å². The van der Waals surface area contributed by atoms with Gasteiger partial charge in [-0.25, -0.2) is 4.98 Å². The molecular formula is C13H17N3O2. The minimum Gasteiger partial charge on any atom is -0.481 e. The maximum absolute atomic E-state index is 11.7. The van der Waals surface area contributed by atoms with E-state index in [0.717, 1.165) is 32.2 Å². The number of nitrogens with zero attached hydrogens (tertiary/aromatic N) is 3. The van der Waals surface area contributed by atoms with Crippen LogP contribution in [0.4, 0.5) is 0 Å². The van der Waals surface area contributed by atoms with Gasteiger partial charge in [0.15, 0.2) is 0 Å². The highest BCUT2D eigenvalue weighted by molar-refractivity contribution is 5.76. The predicted octanol–water partition coefficient (Wildman–Crippen LogP) is 1.56. The topological polar surface area (TPSA) is 68.0 Å². The molecule has 18 heavy (non-hydrogen) atoms. The first-order valence-electron chi connectivity index (χ1n) is 6.68. The molecule has 0 aliphatic heterocycles. The summed E-state index contributed by atoms with van der Waals surface area (Å²) in [6.07, 6.45) is 8.43. The molecule has 0 saturated heterocycles. The standard InChI is InChI=1S/C13H17N3O2/c17-11(18)13-3-9-1-10(13)4-12(2-9,5-13)6-16-8-14-7-15-16/h7-10H,1-6H2,(H,17,18). The van der Waals surface area contributed by atoms with E-state index in [-0.39, 0.29) is 5.41 Å². The second-order valence-corrected chi connectivity index (χ2v) is 6.64. The van der Waals surface area contributed by atoms with Crippen molar-refractivity contribution in [1.82, 2.24) is 14.8 Å². The normalized spacial score (nSPS) is 44.7. The van der Waals surface area contributed by atoms with Gasteiger partial charge < -0.3 is 5.11 Å². The molecule has 5 nitrogen and oxygen atoms in total. The summed E-state index contributed by atoms with van der Waals surface area (Å²) in [5.74, 6) is 0.463. The van der Waals surface area contributed by atoms with Crippen LogP contribution in [0, 0.1) is 22.7 Å². The van der Waals surface area contributed by atoms with Crippen molar-refractivity contribution >= 4 is 5.97 Å². The molecule has 0 amide bonds. The van der Waals surface area contributed by atoms with Crippen molar-refractivity contribution in [3.63, 3.8) is 0 Å². The fraction of sp³-hybridized carbons (Fsp3) is 0.769. The third-order valence-corrected chi connectivity index (χ3v) is 5.53. The van der Waals surface area contributed by atoms with E-state index in [1.54, 1.807) is 12.7 Å². The Labute approximate surface area is 105 Å². The summed E-state index contributed by atoms with van der Waals surface area (Å²) < 4.78 is 1.88. The molecule has 4 bridgehead atoms. The van der Waals surface area contributed by atoms with E-state index in [2.05, 4.69) is 10.1 Å². The third kappa shape index (κ3) is 1.19. The number of aliphatic carboxylic acids is 1. The highest BCUT2D eigenvalue weighted by Gasteiger charge is 2.67. The molecule has 4 atom stereocenters. The maximum Gasteiger partial charge on any atom is 0.309 e. The smallest absolute Gasteiger partial charge is 0.309 e. The van der Waals surface area contributed by atoms with Crippen LogP contribution >= 0.6 is 0 Å². The van der Waals surface area contributed by atoms with E-state index in [9.17, 15) is 9.90 Å². The van der Waals surface area contributed by atoms with Gasteiger partial charge >= 0.3 is 5.97 Å². The van der Waals surface area contributed by atoms with Crippen LogP contribution in [0.1, 0.15) is 32.1 Å². The molecule has 0 aromatic carbocycles. The molecule has 1 heterocycles. The largest absolute Gasteiger partial charge is 0.481 e. The van der Waals surface area contributed by atoms with Crippen molar-refractivity contribution in [2.24, 2.45) is 22.7 Å². The fourth-order valence-corrected chi connectivity index (χ4v) is 5.26. The third-order valence-electron chi connectivity index (χ3n) is 5.53. The molecule has 5 rings (SSSR count). The van der Waals surface area contributed by atoms with Crippen LogP contribution in [0.5, 0.6) is 0 Å². The van der Waals surface area contributed by atoms with Crippen molar-refractivity contribution in [1.29, 1.82) is 0 Å². The van der Waals surface area contributed by atoms with Crippen molar-refractivity contribution in [3.05, 3.63) is 12.7 Å². The Balaban J connectivity index is 1.67. The summed E-state index contributed by atoms with van der Waals surface area (Å²) in [6, 6.07) is 0. The first-order valence-corrected chi connectivity index (χ1v) is 6.68. The van der Waals surface area contributed by atoms with E-state index in [0.29, 0.717) is 11.8 Å². The molecule has 4 aliphatic rings. The zero-order valence-electron chi connectivity index (χ0n) is 10.2. The van der Waals surface area contributed by atoms with Gasteiger partial charge in [0.2, 0.25) is 0 Å². The molecule has 1 N–H and O–H groups in total. The molecule has 4 unspecified atom stereocenters. The number of carboxylic acid groups (broad SMARTS) is 1. The van der Waals surface area contributed by atoms with Crippen LogP contribution in [-0.4, -0.2) is 25.8 Å². The van der Waals surface area contributed by atoms with E-state index in [4.69, 9.17) is 0 Å². The molecule has 0 radical (unpaired) electrons. The van der Waals surface area contributed by atoms with Crippen LogP contribution in [0.3, 0.4) is 0 Å². The molecule has 1 aromatic rings. The van der Waals surface area contributed by atoms with Gasteiger partial charge in [-0.15, -0.1) is 0 Å². The van der Waals surface area contributed by atoms with Crippen LogP contribution < -0.4 is 0 Å². The SMILES string of the molecule is O=C(O)C12CC3CC1CC(Cn1cncn1)(C3)C2. The zero-order chi connectivity index (χ0) is 12.4. The van der Waals surface area contributed by atoms with Gasteiger partial charge in [-0.2, -0.15) is 5.10 Å². The van der Waals surface area contributed by atoms with Gasteiger partial charge in [0.25, 0.3) is 0 Å². The molecule has 4 fully saturated rings. The number of carbonyl (C=O) groups is 1. The second-order valence-electron chi connectivity index (χ2n) is 6.64. The monoisotopic (exact) mass is 247 g/mol. The fourth-order valence-electron chi connectivity index (χ4n) is 5.26. The van der Waals surface area contributed by atoms with E-state index in [1.165, 1.54) is 6.42 Å². The van der Waals surface area contributed by atoms with Crippen molar-refractivity contribution in [3.8, 4) is 0 Å². The Morgan fingerprint density at radius 3 is 3.00 bits per heavy atom. The molecule has 96 valence electrons. The number of hydrogen-bond acceptors (Lipinski definition) is 3. The summed E-state index contributed by atoms with van der Waals surface area (Å²) in [5, 5.41) is 13.8. The van der Waals surface area contributed by atoms with Crippen LogP contribution in [0.2, 0.25) is 0 Å². The van der Waals surface area contributed by atoms with Crippen molar-refractivity contribution in [2.75, 3.05) is 0 Å². The van der Waals surface area contributed by atoms with Crippen LogP contribution in [0.15, 0.2) is 12.7 Å². The Morgan fingerprint density at radius 1 is 1.44 bits per heavy atom. The number of rotatable bonds is 3. The van der Waals surface area contributed by atoms with Gasteiger partial charge in [-0.05, 0) is 49.4 Å². The minimum atomic E-state index is -0.560. The van der Waals surface area contributed by atoms with E-state index >= 15 is 0 Å². The summed E-state index contributed by atoms with van der Waals surface area (Å²) >= 11 is 0. The lowest BCUT2D eigenvalue weighted by molar-refractivity contribution is -0.151. The quantitative estimate of drug-likeness (QED) is 0.880. The van der Waals surface area contributed by atoms with Crippen molar-refractivity contribution < 1.29 is 9.90 Å². The van der Waals surface area contributed by atoms with Gasteiger partial charge in [0.1, 0.15) is 12.7 Å². The number of carboxylic acids is 1. The summed E-state index contributed by atoms with van der Waals surface area (Å²) in [5.41, 5.74) is -0.249. The zero-order valence-corrected chi connectivity index (χ0v) is 10.2.